The molecule has 1 aromatic heterocycles. The number of nitrogens with one attached hydrogen (secondary N) is 2. The van der Waals surface area contributed by atoms with E-state index in [2.05, 4.69) is 22.6 Å². The quantitative estimate of drug-likeness (QED) is 0.584. The van der Waals surface area contributed by atoms with Crippen molar-refractivity contribution in [2.45, 2.75) is 37.8 Å². The monoisotopic (exact) mass is 518 g/mol. The molecule has 8 nitrogen and oxygen atoms in total. The van der Waals surface area contributed by atoms with Crippen molar-refractivity contribution in [2.75, 3.05) is 39.5 Å². The number of halogens is 1. The zero-order valence-electron chi connectivity index (χ0n) is 20.2. The first kappa shape index (κ1) is 25.5. The van der Waals surface area contributed by atoms with Crippen molar-refractivity contribution in [3.8, 4) is 0 Å². The van der Waals surface area contributed by atoms with Gasteiger partial charge in [0.25, 0.3) is 5.91 Å². The zero-order chi connectivity index (χ0) is 25.2. The summed E-state index contributed by atoms with van der Waals surface area (Å²) in [5.41, 5.74) is 1.85. The standard InChI is InChI=1S/C25H31ClN4O4S/c1-29(2)23(32)18-8-11-25(15-18,28-22(31)20-6-7-21(26)35-20)34-24(33)27-19-5-4-16-9-12-30(3)13-10-17(16)14-19/h4-7,14,18H,8-13,15H2,1-3H3,(H,27,33)(H,28,31). The van der Waals surface area contributed by atoms with Gasteiger partial charge in [0.15, 0.2) is 5.72 Å². The molecule has 0 saturated heterocycles. The average Bonchev–Trinajstić information content (AvgIpc) is 3.37. The molecule has 10 heteroatoms. The third-order valence-corrected chi connectivity index (χ3v) is 7.90. The molecule has 2 unspecified atom stereocenters. The van der Waals surface area contributed by atoms with E-state index in [1.54, 1.807) is 26.2 Å². The number of nitrogens with zero attached hydrogens (tertiary/aromatic N) is 2. The lowest BCUT2D eigenvalue weighted by Gasteiger charge is -2.30. The van der Waals surface area contributed by atoms with Crippen LogP contribution in [-0.4, -0.2) is 67.7 Å². The fraction of sp³-hybridized carbons (Fsp3) is 0.480. The van der Waals surface area contributed by atoms with Gasteiger partial charge in [-0.15, -0.1) is 11.3 Å². The normalized spacial score (nSPS) is 22.1. The number of ether oxygens (including phenoxy) is 1. The number of hydrogen-bond acceptors (Lipinski definition) is 6. The van der Waals surface area contributed by atoms with Gasteiger partial charge in [-0.05, 0) is 61.7 Å². The van der Waals surface area contributed by atoms with Crippen LogP contribution in [0.3, 0.4) is 0 Å². The Balaban J connectivity index is 1.49. The Hall–Kier alpha value is -2.62. The van der Waals surface area contributed by atoms with Gasteiger partial charge in [0, 0.05) is 51.6 Å². The second-order valence-electron chi connectivity index (χ2n) is 9.53. The summed E-state index contributed by atoms with van der Waals surface area (Å²) in [6.07, 6.45) is 2.26. The smallest absolute Gasteiger partial charge is 0.413 e. The van der Waals surface area contributed by atoms with Gasteiger partial charge in [-0.2, -0.15) is 0 Å². The maximum Gasteiger partial charge on any atom is 0.413 e. The summed E-state index contributed by atoms with van der Waals surface area (Å²) in [7, 11) is 5.49. The van der Waals surface area contributed by atoms with Crippen LogP contribution in [0.15, 0.2) is 30.3 Å². The summed E-state index contributed by atoms with van der Waals surface area (Å²) in [5.74, 6) is -0.795. The topological polar surface area (TPSA) is 91.0 Å². The first-order valence-electron chi connectivity index (χ1n) is 11.7. The molecular formula is C25H31ClN4O4S. The van der Waals surface area contributed by atoms with Crippen LogP contribution >= 0.6 is 22.9 Å². The number of hydrogen-bond donors (Lipinski definition) is 2. The van der Waals surface area contributed by atoms with E-state index in [1.165, 1.54) is 16.0 Å². The molecule has 1 aromatic carbocycles. The molecule has 2 heterocycles. The van der Waals surface area contributed by atoms with E-state index in [4.69, 9.17) is 16.3 Å². The van der Waals surface area contributed by atoms with Crippen LogP contribution in [0, 0.1) is 5.92 Å². The summed E-state index contributed by atoms with van der Waals surface area (Å²) < 4.78 is 6.35. The summed E-state index contributed by atoms with van der Waals surface area (Å²) in [6.45, 7) is 1.97. The molecule has 1 aliphatic carbocycles. The first-order valence-corrected chi connectivity index (χ1v) is 12.9. The number of anilines is 1. The molecule has 2 aromatic rings. The molecule has 1 fully saturated rings. The lowest BCUT2D eigenvalue weighted by molar-refractivity contribution is -0.133. The van der Waals surface area contributed by atoms with E-state index in [1.807, 2.05) is 18.2 Å². The van der Waals surface area contributed by atoms with Gasteiger partial charge in [0.05, 0.1) is 9.21 Å². The molecule has 0 bridgehead atoms. The second kappa shape index (κ2) is 10.6. The molecule has 2 N–H and O–H groups in total. The zero-order valence-corrected chi connectivity index (χ0v) is 21.8. The van der Waals surface area contributed by atoms with E-state index in [0.717, 1.165) is 37.3 Å². The Morgan fingerprint density at radius 3 is 2.57 bits per heavy atom. The maximum absolute atomic E-state index is 13.0. The first-order chi connectivity index (χ1) is 16.6. The predicted octanol–water partition coefficient (Wildman–Crippen LogP) is 4.00. The van der Waals surface area contributed by atoms with Gasteiger partial charge < -0.3 is 19.9 Å². The summed E-state index contributed by atoms with van der Waals surface area (Å²) in [4.78, 5) is 42.7. The van der Waals surface area contributed by atoms with Crippen LogP contribution < -0.4 is 10.6 Å². The van der Waals surface area contributed by atoms with Crippen molar-refractivity contribution in [2.24, 2.45) is 5.92 Å². The molecule has 0 radical (unpaired) electrons. The van der Waals surface area contributed by atoms with Crippen LogP contribution in [0.25, 0.3) is 0 Å². The van der Waals surface area contributed by atoms with Crippen molar-refractivity contribution in [1.82, 2.24) is 15.1 Å². The molecule has 2 atom stereocenters. The Morgan fingerprint density at radius 2 is 1.89 bits per heavy atom. The maximum atomic E-state index is 13.0. The van der Waals surface area contributed by atoms with E-state index in [9.17, 15) is 14.4 Å². The van der Waals surface area contributed by atoms with Crippen molar-refractivity contribution in [3.63, 3.8) is 0 Å². The molecular weight excluding hydrogens is 488 g/mol. The fourth-order valence-corrected chi connectivity index (χ4v) is 5.70. The molecule has 1 aliphatic heterocycles. The third-order valence-electron chi connectivity index (χ3n) is 6.67. The van der Waals surface area contributed by atoms with Crippen molar-refractivity contribution in [1.29, 1.82) is 0 Å². The van der Waals surface area contributed by atoms with Crippen LogP contribution in [0.1, 0.15) is 40.1 Å². The van der Waals surface area contributed by atoms with E-state index in [-0.39, 0.29) is 24.2 Å². The van der Waals surface area contributed by atoms with E-state index >= 15 is 0 Å². The molecule has 1 saturated carbocycles. The molecule has 188 valence electrons. The second-order valence-corrected chi connectivity index (χ2v) is 11.2. The van der Waals surface area contributed by atoms with Crippen LogP contribution in [0.5, 0.6) is 0 Å². The largest absolute Gasteiger partial charge is 0.423 e. The lowest BCUT2D eigenvalue weighted by Crippen LogP contribution is -2.51. The van der Waals surface area contributed by atoms with Gasteiger partial charge in [-0.3, -0.25) is 14.9 Å². The number of fused-ring (bicyclic) bond motifs is 1. The number of thiophene rings is 1. The highest BCUT2D eigenvalue weighted by molar-refractivity contribution is 7.18. The molecule has 3 amide bonds. The average molecular weight is 519 g/mol. The summed E-state index contributed by atoms with van der Waals surface area (Å²) >= 11 is 7.13. The van der Waals surface area contributed by atoms with Gasteiger partial charge in [-0.1, -0.05) is 17.7 Å². The van der Waals surface area contributed by atoms with Crippen LogP contribution in [-0.2, 0) is 22.4 Å². The number of likely N-dealkylation sites (N-methyl/N-ethyl adjacent to an activating group) is 1. The summed E-state index contributed by atoms with van der Waals surface area (Å²) in [6, 6.07) is 9.17. The van der Waals surface area contributed by atoms with Gasteiger partial charge in [-0.25, -0.2) is 4.79 Å². The summed E-state index contributed by atoms with van der Waals surface area (Å²) in [5, 5.41) is 5.70. The fourth-order valence-electron chi connectivity index (χ4n) is 4.76. The number of benzene rings is 1. The van der Waals surface area contributed by atoms with Gasteiger partial charge >= 0.3 is 6.09 Å². The van der Waals surface area contributed by atoms with Crippen LogP contribution in [0.2, 0.25) is 4.34 Å². The SMILES string of the molecule is CN1CCc2ccc(NC(=O)OC3(NC(=O)c4ccc(Cl)s4)CCC(C(=O)N(C)C)C3)cc2CC1. The number of amides is 3. The third kappa shape index (κ3) is 6.15. The molecule has 35 heavy (non-hydrogen) atoms. The predicted molar refractivity (Wildman–Crippen MR) is 137 cm³/mol. The minimum atomic E-state index is -1.29. The minimum absolute atomic E-state index is 0.0555. The number of rotatable bonds is 5. The van der Waals surface area contributed by atoms with E-state index < -0.39 is 11.8 Å². The molecule has 4 rings (SSSR count). The van der Waals surface area contributed by atoms with E-state index in [0.29, 0.717) is 27.7 Å². The number of carbonyl (C=O) groups is 3. The number of carbonyl (C=O) groups excluding carboxylic acids is 3. The van der Waals surface area contributed by atoms with Crippen molar-refractivity contribution >= 4 is 46.5 Å². The Morgan fingerprint density at radius 1 is 1.14 bits per heavy atom. The highest BCUT2D eigenvalue weighted by Gasteiger charge is 2.47. The Kier molecular flexibility index (Phi) is 7.68. The minimum Gasteiger partial charge on any atom is -0.423 e. The lowest BCUT2D eigenvalue weighted by atomic mass is 10.0. The van der Waals surface area contributed by atoms with Crippen molar-refractivity contribution < 1.29 is 19.1 Å². The molecule has 0 spiro atoms. The Labute approximate surface area is 214 Å². The Bertz CT molecular complexity index is 1120. The molecule has 2 aliphatic rings. The highest BCUT2D eigenvalue weighted by atomic mass is 35.5. The van der Waals surface area contributed by atoms with Crippen molar-refractivity contribution in [3.05, 3.63) is 50.7 Å². The van der Waals surface area contributed by atoms with Gasteiger partial charge in [0.1, 0.15) is 0 Å². The van der Waals surface area contributed by atoms with Crippen LogP contribution in [0.4, 0.5) is 10.5 Å². The highest BCUT2D eigenvalue weighted by Crippen LogP contribution is 2.37. The van der Waals surface area contributed by atoms with Gasteiger partial charge in [0.2, 0.25) is 5.91 Å².